The Morgan fingerprint density at radius 1 is 0.741 bits per heavy atom. The molecule has 1 heterocycles. The molecule has 2 aliphatic rings. The molecule has 0 unspecified atom stereocenters. The van der Waals surface area contributed by atoms with Gasteiger partial charge >= 0.3 is 0 Å². The molecule has 3 rings (SSSR count). The Balaban J connectivity index is 1.46. The molecular weight excluding hydrogens is 346 g/mol. The van der Waals surface area contributed by atoms with Crippen molar-refractivity contribution in [3.8, 4) is 0 Å². The van der Waals surface area contributed by atoms with Crippen LogP contribution in [0.3, 0.4) is 0 Å². The van der Waals surface area contributed by atoms with E-state index in [2.05, 4.69) is 30.9 Å². The summed E-state index contributed by atoms with van der Waals surface area (Å²) < 4.78 is 10.8. The van der Waals surface area contributed by atoms with Crippen molar-refractivity contribution in [2.75, 3.05) is 55.5 Å². The molecule has 0 amide bonds. The van der Waals surface area contributed by atoms with Crippen LogP contribution in [0.4, 0.5) is 17.8 Å². The molecule has 0 radical (unpaired) electrons. The van der Waals surface area contributed by atoms with Gasteiger partial charge in [0.05, 0.1) is 26.4 Å². The Morgan fingerprint density at radius 2 is 1.30 bits per heavy atom. The van der Waals surface area contributed by atoms with E-state index in [-0.39, 0.29) is 0 Å². The molecule has 152 valence electrons. The average molecular weight is 380 g/mol. The SMILES string of the molecule is NCCOCCOCCNc1nc(NC2CCCC2)nc(NC2CCC2)n1. The lowest BCUT2D eigenvalue weighted by molar-refractivity contribution is 0.0547. The fourth-order valence-corrected chi connectivity index (χ4v) is 3.21. The average Bonchev–Trinajstić information content (AvgIpc) is 3.13. The highest BCUT2D eigenvalue weighted by atomic mass is 16.5. The van der Waals surface area contributed by atoms with E-state index in [0.29, 0.717) is 69.4 Å². The molecule has 0 aromatic carbocycles. The Morgan fingerprint density at radius 3 is 1.85 bits per heavy atom. The van der Waals surface area contributed by atoms with E-state index in [0.717, 1.165) is 0 Å². The van der Waals surface area contributed by atoms with E-state index in [1.807, 2.05) is 0 Å². The van der Waals surface area contributed by atoms with Gasteiger partial charge in [-0.3, -0.25) is 0 Å². The Hall–Kier alpha value is -1.71. The van der Waals surface area contributed by atoms with Crippen molar-refractivity contribution in [2.24, 2.45) is 5.73 Å². The van der Waals surface area contributed by atoms with E-state index in [1.54, 1.807) is 0 Å². The summed E-state index contributed by atoms with van der Waals surface area (Å²) >= 11 is 0. The van der Waals surface area contributed by atoms with E-state index in [4.69, 9.17) is 15.2 Å². The van der Waals surface area contributed by atoms with Crippen LogP contribution in [-0.2, 0) is 9.47 Å². The minimum atomic E-state index is 0.466. The lowest BCUT2D eigenvalue weighted by Gasteiger charge is -2.26. The van der Waals surface area contributed by atoms with Gasteiger partial charge in [0.25, 0.3) is 0 Å². The zero-order valence-corrected chi connectivity index (χ0v) is 16.1. The van der Waals surface area contributed by atoms with Crippen LogP contribution in [0.25, 0.3) is 0 Å². The van der Waals surface area contributed by atoms with Gasteiger partial charge in [0.2, 0.25) is 17.8 Å². The molecule has 0 bridgehead atoms. The molecule has 9 heteroatoms. The highest BCUT2D eigenvalue weighted by Crippen LogP contribution is 2.24. The number of ether oxygens (including phenoxy) is 2. The van der Waals surface area contributed by atoms with Crippen molar-refractivity contribution in [3.63, 3.8) is 0 Å². The zero-order valence-electron chi connectivity index (χ0n) is 16.1. The fourth-order valence-electron chi connectivity index (χ4n) is 3.21. The van der Waals surface area contributed by atoms with Gasteiger partial charge in [0.1, 0.15) is 0 Å². The maximum Gasteiger partial charge on any atom is 0.229 e. The number of rotatable bonds is 13. The second-order valence-corrected chi connectivity index (χ2v) is 7.14. The van der Waals surface area contributed by atoms with Crippen LogP contribution in [0, 0.1) is 0 Å². The monoisotopic (exact) mass is 379 g/mol. The van der Waals surface area contributed by atoms with E-state index < -0.39 is 0 Å². The largest absolute Gasteiger partial charge is 0.378 e. The molecular formula is C18H33N7O2. The smallest absolute Gasteiger partial charge is 0.229 e. The maximum atomic E-state index is 5.53. The van der Waals surface area contributed by atoms with Crippen molar-refractivity contribution < 1.29 is 9.47 Å². The van der Waals surface area contributed by atoms with Gasteiger partial charge in [0, 0.05) is 25.2 Å². The number of nitrogens with one attached hydrogen (secondary N) is 3. The van der Waals surface area contributed by atoms with E-state index in [9.17, 15) is 0 Å². The third-order valence-electron chi connectivity index (χ3n) is 4.93. The number of anilines is 3. The van der Waals surface area contributed by atoms with Crippen LogP contribution in [-0.4, -0.2) is 66.6 Å². The lowest BCUT2D eigenvalue weighted by atomic mass is 9.93. The quantitative estimate of drug-likeness (QED) is 0.379. The number of hydrogen-bond acceptors (Lipinski definition) is 9. The molecule has 1 aromatic heterocycles. The Bertz CT molecular complexity index is 551. The summed E-state index contributed by atoms with van der Waals surface area (Å²) in [4.78, 5) is 13.6. The highest BCUT2D eigenvalue weighted by Gasteiger charge is 2.20. The van der Waals surface area contributed by atoms with Gasteiger partial charge in [-0.05, 0) is 32.1 Å². The van der Waals surface area contributed by atoms with Crippen LogP contribution < -0.4 is 21.7 Å². The molecule has 27 heavy (non-hydrogen) atoms. The normalized spacial score (nSPS) is 17.7. The summed E-state index contributed by atoms with van der Waals surface area (Å²) in [6.07, 6.45) is 8.54. The number of nitrogens with two attached hydrogens (primary N) is 1. The molecule has 1 aromatic rings. The molecule has 9 nitrogen and oxygen atoms in total. The summed E-state index contributed by atoms with van der Waals surface area (Å²) in [6.45, 7) is 3.42. The molecule has 2 fully saturated rings. The van der Waals surface area contributed by atoms with Crippen molar-refractivity contribution in [3.05, 3.63) is 0 Å². The van der Waals surface area contributed by atoms with Crippen molar-refractivity contribution in [1.82, 2.24) is 15.0 Å². The minimum absolute atomic E-state index is 0.466. The summed E-state index contributed by atoms with van der Waals surface area (Å²) in [5.74, 6) is 1.88. The van der Waals surface area contributed by atoms with Crippen molar-refractivity contribution >= 4 is 17.8 Å². The Labute approximate surface area is 161 Å². The first-order valence-electron chi connectivity index (χ1n) is 10.2. The maximum absolute atomic E-state index is 5.53. The predicted octanol–water partition coefficient (Wildman–Crippen LogP) is 1.59. The molecule has 0 atom stereocenters. The topological polar surface area (TPSA) is 119 Å². The van der Waals surface area contributed by atoms with E-state index >= 15 is 0 Å². The van der Waals surface area contributed by atoms with Gasteiger partial charge in [-0.1, -0.05) is 12.8 Å². The van der Waals surface area contributed by atoms with Crippen LogP contribution in [0.2, 0.25) is 0 Å². The minimum Gasteiger partial charge on any atom is -0.378 e. The van der Waals surface area contributed by atoms with Gasteiger partial charge < -0.3 is 31.2 Å². The van der Waals surface area contributed by atoms with Gasteiger partial charge in [-0.25, -0.2) is 0 Å². The zero-order chi connectivity index (χ0) is 18.7. The van der Waals surface area contributed by atoms with Crippen LogP contribution in [0.15, 0.2) is 0 Å². The summed E-state index contributed by atoms with van der Waals surface area (Å²) in [6, 6.07) is 0.949. The molecule has 2 saturated carbocycles. The first-order chi connectivity index (χ1) is 13.3. The second-order valence-electron chi connectivity index (χ2n) is 7.14. The summed E-state index contributed by atoms with van der Waals surface area (Å²) in [5, 5.41) is 10.1. The third kappa shape index (κ3) is 7.08. The predicted molar refractivity (Wildman–Crippen MR) is 106 cm³/mol. The first-order valence-corrected chi connectivity index (χ1v) is 10.2. The standard InChI is InChI=1S/C18H33N7O2/c19-8-10-26-12-13-27-11-9-20-16-23-17(21-14-4-1-2-5-14)25-18(24-16)22-15-6-3-7-15/h14-15H,1-13,19H2,(H3,20,21,22,23,24,25). The molecule has 0 saturated heterocycles. The lowest BCUT2D eigenvalue weighted by Crippen LogP contribution is -2.29. The molecule has 0 aliphatic heterocycles. The first kappa shape index (κ1) is 20.0. The van der Waals surface area contributed by atoms with E-state index in [1.165, 1.54) is 44.9 Å². The second kappa shape index (κ2) is 11.2. The summed E-state index contributed by atoms with van der Waals surface area (Å²) in [7, 11) is 0. The molecule has 5 N–H and O–H groups in total. The number of aromatic nitrogens is 3. The molecule has 0 spiro atoms. The molecule has 2 aliphatic carbocycles. The van der Waals surface area contributed by atoms with Crippen molar-refractivity contribution in [2.45, 2.75) is 57.0 Å². The fraction of sp³-hybridized carbons (Fsp3) is 0.833. The van der Waals surface area contributed by atoms with Crippen LogP contribution >= 0.6 is 0 Å². The highest BCUT2D eigenvalue weighted by molar-refractivity contribution is 5.43. The van der Waals surface area contributed by atoms with Gasteiger partial charge in [-0.15, -0.1) is 0 Å². The van der Waals surface area contributed by atoms with Gasteiger partial charge in [-0.2, -0.15) is 15.0 Å². The summed E-state index contributed by atoms with van der Waals surface area (Å²) in [5.41, 5.74) is 5.37. The third-order valence-corrected chi connectivity index (χ3v) is 4.93. The Kier molecular flexibility index (Phi) is 8.32. The number of hydrogen-bond donors (Lipinski definition) is 4. The van der Waals surface area contributed by atoms with Crippen molar-refractivity contribution in [1.29, 1.82) is 0 Å². The number of nitrogens with zero attached hydrogens (tertiary/aromatic N) is 3. The van der Waals surface area contributed by atoms with Crippen LogP contribution in [0.1, 0.15) is 44.9 Å². The van der Waals surface area contributed by atoms with Crippen LogP contribution in [0.5, 0.6) is 0 Å². The van der Waals surface area contributed by atoms with Gasteiger partial charge in [0.15, 0.2) is 0 Å².